The summed E-state index contributed by atoms with van der Waals surface area (Å²) in [7, 11) is 1.88. The number of aromatic nitrogens is 4. The Morgan fingerprint density at radius 1 is 1.19 bits per heavy atom. The Balaban J connectivity index is 1.57. The van der Waals surface area contributed by atoms with Crippen molar-refractivity contribution in [3.8, 4) is 11.3 Å². The first kappa shape index (κ1) is 20.1. The third-order valence-corrected chi connectivity index (χ3v) is 6.62. The Bertz CT molecular complexity index is 1180. The summed E-state index contributed by atoms with van der Waals surface area (Å²) < 4.78 is 15.3. The van der Waals surface area contributed by atoms with Gasteiger partial charge in [-0.15, -0.1) is 0 Å². The van der Waals surface area contributed by atoms with E-state index < -0.39 is 5.82 Å². The molecule has 0 unspecified atom stereocenters. The molecule has 2 bridgehead atoms. The molecule has 1 amide bonds. The van der Waals surface area contributed by atoms with Crippen molar-refractivity contribution >= 4 is 17.5 Å². The van der Waals surface area contributed by atoms with Gasteiger partial charge in [0.05, 0.1) is 28.2 Å². The van der Waals surface area contributed by atoms with Crippen molar-refractivity contribution in [1.29, 1.82) is 0 Å². The molecule has 2 atom stereocenters. The van der Waals surface area contributed by atoms with Crippen LogP contribution in [0.15, 0.2) is 30.6 Å². The van der Waals surface area contributed by atoms with Gasteiger partial charge in [0, 0.05) is 42.9 Å². The van der Waals surface area contributed by atoms with Crippen LogP contribution in [-0.2, 0) is 19.9 Å². The molecule has 0 aliphatic carbocycles. The fourth-order valence-electron chi connectivity index (χ4n) is 4.98. The van der Waals surface area contributed by atoms with Crippen molar-refractivity contribution in [2.24, 2.45) is 7.05 Å². The number of rotatable bonds is 2. The molecule has 0 N–H and O–H groups in total. The summed E-state index contributed by atoms with van der Waals surface area (Å²) in [6, 6.07) is 4.03. The molecule has 4 heterocycles. The van der Waals surface area contributed by atoms with Crippen LogP contribution in [0.5, 0.6) is 0 Å². The smallest absolute Gasteiger partial charge is 0.255 e. The van der Waals surface area contributed by atoms with Crippen molar-refractivity contribution < 1.29 is 9.18 Å². The molecule has 2 aliphatic heterocycles. The van der Waals surface area contributed by atoms with Crippen molar-refractivity contribution in [3.63, 3.8) is 0 Å². The zero-order valence-corrected chi connectivity index (χ0v) is 18.2. The van der Waals surface area contributed by atoms with Gasteiger partial charge in [0.1, 0.15) is 11.6 Å². The van der Waals surface area contributed by atoms with Crippen molar-refractivity contribution in [3.05, 3.63) is 64.1 Å². The summed E-state index contributed by atoms with van der Waals surface area (Å²) in [5.74, 6) is 0.130. The van der Waals surface area contributed by atoms with Gasteiger partial charge in [0.15, 0.2) is 0 Å². The van der Waals surface area contributed by atoms with E-state index in [4.69, 9.17) is 21.6 Å². The predicted molar refractivity (Wildman–Crippen MR) is 115 cm³/mol. The van der Waals surface area contributed by atoms with Crippen molar-refractivity contribution in [1.82, 2.24) is 24.6 Å². The zero-order valence-electron chi connectivity index (χ0n) is 17.5. The fourth-order valence-corrected chi connectivity index (χ4v) is 5.23. The van der Waals surface area contributed by atoms with Crippen LogP contribution in [0.1, 0.15) is 46.7 Å². The molecular formula is C23H23ClFN5O. The van der Waals surface area contributed by atoms with Crippen molar-refractivity contribution in [2.75, 3.05) is 0 Å². The number of aryl methyl sites for hydroxylation is 2. The van der Waals surface area contributed by atoms with Crippen molar-refractivity contribution in [2.45, 2.75) is 51.1 Å². The van der Waals surface area contributed by atoms with Gasteiger partial charge in [-0.1, -0.05) is 11.6 Å². The van der Waals surface area contributed by atoms with E-state index in [-0.39, 0.29) is 23.0 Å². The topological polar surface area (TPSA) is 63.9 Å². The molecule has 2 aliphatic rings. The highest BCUT2D eigenvalue weighted by molar-refractivity contribution is 6.33. The molecule has 31 heavy (non-hydrogen) atoms. The lowest BCUT2D eigenvalue weighted by Crippen LogP contribution is -2.50. The summed E-state index contributed by atoms with van der Waals surface area (Å²) in [5, 5.41) is 4.46. The van der Waals surface area contributed by atoms with Crippen LogP contribution in [0.25, 0.3) is 11.3 Å². The minimum atomic E-state index is -0.447. The van der Waals surface area contributed by atoms with E-state index in [9.17, 15) is 9.18 Å². The van der Waals surface area contributed by atoms with E-state index in [2.05, 4.69) is 5.10 Å². The molecule has 8 heteroatoms. The number of hydrogen-bond acceptors (Lipinski definition) is 4. The standard InChI is InChI=1S/C23H23ClFN5O/c1-13-27-21-10-17-5-3-4-16(9-19(21)22(28-13)14-11-26-29(2)12-14)30(17)23(31)18-7-6-15(25)8-20(18)24/h6-8,11-12,16-17H,3-5,9-10H2,1-2H3/t16-,17+/m0/s1. The molecule has 1 fully saturated rings. The summed E-state index contributed by atoms with van der Waals surface area (Å²) in [4.78, 5) is 25.0. The molecule has 0 spiro atoms. The molecule has 3 aromatic rings. The molecule has 160 valence electrons. The first-order chi connectivity index (χ1) is 14.9. The molecule has 1 saturated heterocycles. The number of benzene rings is 1. The quantitative estimate of drug-likeness (QED) is 0.602. The first-order valence-corrected chi connectivity index (χ1v) is 10.9. The van der Waals surface area contributed by atoms with Gasteiger partial charge in [-0.25, -0.2) is 14.4 Å². The summed E-state index contributed by atoms with van der Waals surface area (Å²) >= 11 is 6.24. The average molecular weight is 440 g/mol. The van der Waals surface area contributed by atoms with Gasteiger partial charge in [0.2, 0.25) is 0 Å². The maximum Gasteiger partial charge on any atom is 0.255 e. The number of nitrogens with zero attached hydrogens (tertiary/aromatic N) is 5. The van der Waals surface area contributed by atoms with Crippen LogP contribution in [0.4, 0.5) is 4.39 Å². The number of carbonyl (C=O) groups excluding carboxylic acids is 1. The molecule has 0 radical (unpaired) electrons. The molecule has 5 rings (SSSR count). The third-order valence-electron chi connectivity index (χ3n) is 6.31. The van der Waals surface area contributed by atoms with Crippen LogP contribution >= 0.6 is 11.6 Å². The molecule has 1 aromatic carbocycles. The second-order valence-electron chi connectivity index (χ2n) is 8.43. The predicted octanol–water partition coefficient (Wildman–Crippen LogP) is 4.14. The normalized spacial score (nSPS) is 20.3. The summed E-state index contributed by atoms with van der Waals surface area (Å²) in [6.45, 7) is 1.90. The first-order valence-electron chi connectivity index (χ1n) is 10.5. The van der Waals surface area contributed by atoms with Gasteiger partial charge in [-0.3, -0.25) is 9.48 Å². The van der Waals surface area contributed by atoms with Crippen LogP contribution in [0.2, 0.25) is 5.02 Å². The highest BCUT2D eigenvalue weighted by Crippen LogP contribution is 2.37. The Kier molecular flexibility index (Phi) is 5.01. The number of amides is 1. The lowest BCUT2D eigenvalue weighted by molar-refractivity contribution is 0.0466. The Morgan fingerprint density at radius 3 is 2.68 bits per heavy atom. The number of piperidine rings is 1. The highest BCUT2D eigenvalue weighted by atomic mass is 35.5. The van der Waals surface area contributed by atoms with Gasteiger partial charge in [0.25, 0.3) is 5.91 Å². The second kappa shape index (κ2) is 7.71. The Morgan fingerprint density at radius 2 is 1.97 bits per heavy atom. The van der Waals surface area contributed by atoms with Gasteiger partial charge in [-0.2, -0.15) is 5.10 Å². The minimum Gasteiger partial charge on any atom is -0.332 e. The van der Waals surface area contributed by atoms with Crippen LogP contribution in [0, 0.1) is 12.7 Å². The minimum absolute atomic E-state index is 0.0235. The molecular weight excluding hydrogens is 417 g/mol. The van der Waals surface area contributed by atoms with E-state index in [0.717, 1.165) is 41.8 Å². The lowest BCUT2D eigenvalue weighted by Gasteiger charge is -2.41. The van der Waals surface area contributed by atoms with Gasteiger partial charge >= 0.3 is 0 Å². The maximum absolute atomic E-state index is 13.5. The van der Waals surface area contributed by atoms with E-state index in [1.54, 1.807) is 4.68 Å². The highest BCUT2D eigenvalue weighted by Gasteiger charge is 2.39. The molecule has 6 nitrogen and oxygen atoms in total. The maximum atomic E-state index is 13.5. The van der Waals surface area contributed by atoms with E-state index in [1.807, 2.05) is 31.3 Å². The van der Waals surface area contributed by atoms with Crippen LogP contribution in [-0.4, -0.2) is 42.6 Å². The fraction of sp³-hybridized carbons (Fsp3) is 0.391. The number of hydrogen-bond donors (Lipinski definition) is 0. The van der Waals surface area contributed by atoms with Crippen LogP contribution in [0.3, 0.4) is 0 Å². The van der Waals surface area contributed by atoms with Crippen LogP contribution < -0.4 is 0 Å². The SMILES string of the molecule is Cc1nc2c(c(-c3cnn(C)c3)n1)C[C@@H]1CCC[C@H](C2)N1C(=O)c1ccc(F)cc1Cl. The van der Waals surface area contributed by atoms with Gasteiger partial charge < -0.3 is 4.90 Å². The molecule has 0 saturated carbocycles. The number of halogens is 2. The lowest BCUT2D eigenvalue weighted by atomic mass is 9.92. The third kappa shape index (κ3) is 3.61. The Labute approximate surface area is 185 Å². The number of fused-ring (bicyclic) bond motifs is 3. The van der Waals surface area contributed by atoms with E-state index in [0.29, 0.717) is 24.2 Å². The Hall–Kier alpha value is -2.80. The largest absolute Gasteiger partial charge is 0.332 e. The average Bonchev–Trinajstić information content (AvgIpc) is 3.12. The van der Waals surface area contributed by atoms with E-state index >= 15 is 0 Å². The summed E-state index contributed by atoms with van der Waals surface area (Å²) in [6.07, 6.45) is 8.00. The molecule has 2 aromatic heterocycles. The zero-order chi connectivity index (χ0) is 21.7. The second-order valence-corrected chi connectivity index (χ2v) is 8.84. The monoisotopic (exact) mass is 439 g/mol. The summed E-state index contributed by atoms with van der Waals surface area (Å²) in [5.41, 5.74) is 4.30. The van der Waals surface area contributed by atoms with Gasteiger partial charge in [-0.05, 0) is 50.8 Å². The number of carbonyl (C=O) groups is 1. The van der Waals surface area contributed by atoms with E-state index in [1.165, 1.54) is 18.2 Å².